The van der Waals surface area contributed by atoms with Gasteiger partial charge in [-0.25, -0.2) is 0 Å². The van der Waals surface area contributed by atoms with Gasteiger partial charge in [-0.3, -0.25) is 4.79 Å². The van der Waals surface area contributed by atoms with E-state index in [1.54, 1.807) is 11.8 Å². The highest BCUT2D eigenvalue weighted by Gasteiger charge is 2.28. The number of hydrogen-bond donors (Lipinski definition) is 1. The molecule has 4 nitrogen and oxygen atoms in total. The second kappa shape index (κ2) is 5.51. The van der Waals surface area contributed by atoms with E-state index in [-0.39, 0.29) is 18.0 Å². The number of carbonyl (C=O) groups excluding carboxylic acids is 1. The Hall–Kier alpha value is -0.545. The Kier molecular flexibility index (Phi) is 4.60. The lowest BCUT2D eigenvalue weighted by Crippen LogP contribution is -2.53. The summed E-state index contributed by atoms with van der Waals surface area (Å²) in [5.41, 5.74) is 5.56. The average Bonchev–Trinajstić information content (AvgIpc) is 2.16. The van der Waals surface area contributed by atoms with Crippen molar-refractivity contribution in [3.05, 3.63) is 0 Å². The molecule has 1 rings (SSSR count). The van der Waals surface area contributed by atoms with Gasteiger partial charge in [0.05, 0.1) is 12.1 Å². The lowest BCUT2D eigenvalue weighted by atomic mass is 9.96. The van der Waals surface area contributed by atoms with Crippen LogP contribution in [0.25, 0.3) is 0 Å². The Morgan fingerprint density at radius 3 is 2.87 bits per heavy atom. The van der Waals surface area contributed by atoms with Gasteiger partial charge in [-0.15, -0.1) is 0 Å². The molecule has 0 aromatic rings. The first-order valence-electron chi connectivity index (χ1n) is 5.50. The van der Waals surface area contributed by atoms with Crippen molar-refractivity contribution in [3.63, 3.8) is 0 Å². The van der Waals surface area contributed by atoms with Crippen LogP contribution >= 0.6 is 0 Å². The molecular weight excluding hydrogens is 191 g/mol. The molecule has 3 atom stereocenters. The largest absolute Gasteiger partial charge is 0.381 e. The molecule has 1 amide bonds. The van der Waals surface area contributed by atoms with Crippen LogP contribution in [0.3, 0.4) is 0 Å². The van der Waals surface area contributed by atoms with Crippen LogP contribution in [0.4, 0.5) is 0 Å². The van der Waals surface area contributed by atoms with Gasteiger partial charge in [0, 0.05) is 19.1 Å². The Morgan fingerprint density at radius 1 is 1.67 bits per heavy atom. The molecule has 0 saturated carbocycles. The van der Waals surface area contributed by atoms with Crippen LogP contribution in [0.2, 0.25) is 0 Å². The van der Waals surface area contributed by atoms with E-state index in [4.69, 9.17) is 18.3 Å². The Bertz CT molecular complexity index is 223. The van der Waals surface area contributed by atoms with Crippen LogP contribution in [-0.2, 0) is 9.53 Å². The summed E-state index contributed by atoms with van der Waals surface area (Å²) in [6.07, 6.45) is 2.01. The van der Waals surface area contributed by atoms with Gasteiger partial charge < -0.3 is 15.4 Å². The highest BCUT2D eigenvalue weighted by Crippen LogP contribution is 2.14. The van der Waals surface area contributed by atoms with Crippen LogP contribution in [0.5, 0.6) is 0 Å². The first kappa shape index (κ1) is 12.5. The summed E-state index contributed by atoms with van der Waals surface area (Å²) in [4.78, 5) is 13.4. The number of amides is 1. The van der Waals surface area contributed by atoms with Gasteiger partial charge in [-0.1, -0.05) is 13.3 Å². The standard InChI is InChI=1S/C10H19BN2O2/c1-3-4-8-5-13(6-9(11)15-8)10(14)7(2)12/h7-9H,3-6,12H2,1-2H3. The molecule has 2 N–H and O–H groups in total. The molecule has 2 radical (unpaired) electrons. The Balaban J connectivity index is 2.55. The van der Waals surface area contributed by atoms with Gasteiger partial charge in [-0.05, 0) is 13.3 Å². The molecule has 0 bridgehead atoms. The van der Waals surface area contributed by atoms with Crippen LogP contribution in [0.15, 0.2) is 0 Å². The highest BCUT2D eigenvalue weighted by molar-refractivity contribution is 6.11. The van der Waals surface area contributed by atoms with Gasteiger partial charge >= 0.3 is 0 Å². The number of hydrogen-bond acceptors (Lipinski definition) is 3. The molecule has 3 unspecified atom stereocenters. The monoisotopic (exact) mass is 210 g/mol. The predicted octanol–water partition coefficient (Wildman–Crippen LogP) is -0.144. The molecule has 1 fully saturated rings. The molecule has 0 aromatic carbocycles. The van der Waals surface area contributed by atoms with Crippen molar-refractivity contribution in [2.75, 3.05) is 13.1 Å². The van der Waals surface area contributed by atoms with E-state index in [1.807, 2.05) is 0 Å². The van der Waals surface area contributed by atoms with Gasteiger partial charge in [0.2, 0.25) is 5.91 Å². The third-order valence-corrected chi connectivity index (χ3v) is 2.50. The lowest BCUT2D eigenvalue weighted by molar-refractivity contribution is -0.142. The molecule has 1 saturated heterocycles. The molecule has 15 heavy (non-hydrogen) atoms. The number of ether oxygens (including phenoxy) is 1. The fourth-order valence-corrected chi connectivity index (χ4v) is 1.82. The first-order valence-corrected chi connectivity index (χ1v) is 5.50. The minimum absolute atomic E-state index is 0.0464. The quantitative estimate of drug-likeness (QED) is 0.659. The molecule has 1 aliphatic rings. The number of nitrogens with zero attached hydrogens (tertiary/aromatic N) is 1. The van der Waals surface area contributed by atoms with E-state index < -0.39 is 6.04 Å². The smallest absolute Gasteiger partial charge is 0.239 e. The normalized spacial score (nSPS) is 28.9. The molecule has 0 aromatic heterocycles. The minimum atomic E-state index is -0.461. The number of nitrogens with two attached hydrogens (primary N) is 1. The average molecular weight is 210 g/mol. The topological polar surface area (TPSA) is 55.6 Å². The lowest BCUT2D eigenvalue weighted by Gasteiger charge is -2.38. The van der Waals surface area contributed by atoms with Gasteiger partial charge in [0.15, 0.2) is 0 Å². The van der Waals surface area contributed by atoms with Crippen LogP contribution in [-0.4, -0.2) is 49.9 Å². The molecule has 84 valence electrons. The first-order chi connectivity index (χ1) is 7.04. The summed E-state index contributed by atoms with van der Waals surface area (Å²) >= 11 is 0. The van der Waals surface area contributed by atoms with Crippen molar-refractivity contribution >= 4 is 13.8 Å². The molecular formula is C10H19BN2O2. The summed E-state index contributed by atoms with van der Waals surface area (Å²) in [7, 11) is 5.73. The summed E-state index contributed by atoms with van der Waals surface area (Å²) < 4.78 is 5.53. The van der Waals surface area contributed by atoms with E-state index in [1.165, 1.54) is 0 Å². The highest BCUT2D eigenvalue weighted by atomic mass is 16.5. The van der Waals surface area contributed by atoms with E-state index in [0.717, 1.165) is 12.8 Å². The minimum Gasteiger partial charge on any atom is -0.381 e. The summed E-state index contributed by atoms with van der Waals surface area (Å²) in [5.74, 6) is -0.0464. The van der Waals surface area contributed by atoms with Gasteiger partial charge in [0.1, 0.15) is 7.85 Å². The zero-order chi connectivity index (χ0) is 11.4. The molecule has 1 heterocycles. The van der Waals surface area contributed by atoms with Crippen molar-refractivity contribution in [1.29, 1.82) is 0 Å². The summed E-state index contributed by atoms with van der Waals surface area (Å²) in [5, 5.41) is 0. The summed E-state index contributed by atoms with van der Waals surface area (Å²) in [6, 6.07) is -0.837. The van der Waals surface area contributed by atoms with Crippen LogP contribution in [0.1, 0.15) is 26.7 Å². The number of carbonyl (C=O) groups is 1. The maximum Gasteiger partial charge on any atom is 0.239 e. The van der Waals surface area contributed by atoms with E-state index in [9.17, 15) is 4.79 Å². The van der Waals surface area contributed by atoms with E-state index in [0.29, 0.717) is 13.1 Å². The Labute approximate surface area is 92.5 Å². The summed E-state index contributed by atoms with van der Waals surface area (Å²) in [6.45, 7) is 4.84. The SMILES string of the molecule is [B]C1CN(C(=O)C(C)N)CC(CCC)O1. The van der Waals surface area contributed by atoms with E-state index in [2.05, 4.69) is 6.92 Å². The molecule has 0 aliphatic carbocycles. The van der Waals surface area contributed by atoms with Crippen molar-refractivity contribution < 1.29 is 9.53 Å². The van der Waals surface area contributed by atoms with Gasteiger partial charge in [-0.2, -0.15) is 0 Å². The van der Waals surface area contributed by atoms with Crippen molar-refractivity contribution in [1.82, 2.24) is 4.90 Å². The fraction of sp³-hybridized carbons (Fsp3) is 0.900. The zero-order valence-electron chi connectivity index (χ0n) is 9.48. The Morgan fingerprint density at radius 2 is 2.33 bits per heavy atom. The van der Waals surface area contributed by atoms with Crippen LogP contribution < -0.4 is 5.73 Å². The second-order valence-electron chi connectivity index (χ2n) is 4.12. The van der Waals surface area contributed by atoms with E-state index >= 15 is 0 Å². The third-order valence-electron chi connectivity index (χ3n) is 2.50. The zero-order valence-corrected chi connectivity index (χ0v) is 9.48. The van der Waals surface area contributed by atoms with Crippen molar-refractivity contribution in [2.24, 2.45) is 5.73 Å². The molecule has 0 spiro atoms. The second-order valence-corrected chi connectivity index (χ2v) is 4.12. The fourth-order valence-electron chi connectivity index (χ4n) is 1.82. The van der Waals surface area contributed by atoms with Crippen molar-refractivity contribution in [2.45, 2.75) is 44.8 Å². The number of morpholine rings is 1. The maximum atomic E-state index is 11.7. The van der Waals surface area contributed by atoms with Crippen LogP contribution in [0, 0.1) is 0 Å². The molecule has 1 aliphatic heterocycles. The van der Waals surface area contributed by atoms with Crippen molar-refractivity contribution in [3.8, 4) is 0 Å². The third kappa shape index (κ3) is 3.50. The molecule has 5 heteroatoms. The van der Waals surface area contributed by atoms with Gasteiger partial charge in [0.25, 0.3) is 0 Å². The predicted molar refractivity (Wildman–Crippen MR) is 59.6 cm³/mol. The maximum absolute atomic E-state index is 11.7. The number of rotatable bonds is 3.